The predicted molar refractivity (Wildman–Crippen MR) is 99.3 cm³/mol. The van der Waals surface area contributed by atoms with Crippen LogP contribution in [0.5, 0.6) is 0 Å². The third-order valence-electron chi connectivity index (χ3n) is 3.88. The van der Waals surface area contributed by atoms with Gasteiger partial charge < -0.3 is 14.1 Å². The van der Waals surface area contributed by atoms with Crippen LogP contribution >= 0.6 is 0 Å². The standard InChI is InChI=1S/C20H18N4O4/c21-10-4-13-24(16-6-2-1-3-7-16)19(25)15-27-20(26)18-9-8-17(28-18)14-23-12-5-11-22-23/h1-3,5-9,11-12H,4,13-15H2. The van der Waals surface area contributed by atoms with Gasteiger partial charge in [0, 0.05) is 24.6 Å². The van der Waals surface area contributed by atoms with E-state index in [4.69, 9.17) is 14.4 Å². The number of hydrogen-bond acceptors (Lipinski definition) is 6. The summed E-state index contributed by atoms with van der Waals surface area (Å²) in [5.41, 5.74) is 0.637. The molecule has 1 amide bonds. The third-order valence-corrected chi connectivity index (χ3v) is 3.88. The molecule has 8 heteroatoms. The number of anilines is 1. The smallest absolute Gasteiger partial charge is 0.374 e. The molecule has 3 rings (SSSR count). The van der Waals surface area contributed by atoms with Gasteiger partial charge in [-0.1, -0.05) is 18.2 Å². The van der Waals surface area contributed by atoms with Gasteiger partial charge in [-0.25, -0.2) is 4.79 Å². The molecule has 8 nitrogen and oxygen atoms in total. The molecule has 0 aliphatic carbocycles. The summed E-state index contributed by atoms with van der Waals surface area (Å²) in [6, 6.07) is 15.9. The van der Waals surface area contributed by atoms with Crippen molar-refractivity contribution in [2.24, 2.45) is 0 Å². The van der Waals surface area contributed by atoms with E-state index in [1.165, 1.54) is 11.0 Å². The Hall–Kier alpha value is -3.86. The molecule has 0 unspecified atom stereocenters. The highest BCUT2D eigenvalue weighted by atomic mass is 16.5. The number of carbonyl (C=O) groups excluding carboxylic acids is 2. The summed E-state index contributed by atoms with van der Waals surface area (Å²) in [7, 11) is 0. The average Bonchev–Trinajstić information content (AvgIpc) is 3.40. The van der Waals surface area contributed by atoms with Crippen LogP contribution < -0.4 is 4.90 Å². The molecule has 0 saturated carbocycles. The Bertz CT molecular complexity index is 958. The number of para-hydroxylation sites is 1. The molecular weight excluding hydrogens is 360 g/mol. The van der Waals surface area contributed by atoms with E-state index in [-0.39, 0.29) is 18.7 Å². The van der Waals surface area contributed by atoms with Crippen molar-refractivity contribution in [3.05, 3.63) is 72.4 Å². The minimum atomic E-state index is -0.728. The number of rotatable bonds is 8. The lowest BCUT2D eigenvalue weighted by molar-refractivity contribution is -0.121. The predicted octanol–water partition coefficient (Wildman–Crippen LogP) is 2.63. The molecule has 0 aliphatic rings. The Balaban J connectivity index is 1.58. The lowest BCUT2D eigenvalue weighted by Crippen LogP contribution is -2.35. The van der Waals surface area contributed by atoms with E-state index in [0.717, 1.165) is 0 Å². The van der Waals surface area contributed by atoms with Crippen molar-refractivity contribution in [3.63, 3.8) is 0 Å². The Morgan fingerprint density at radius 2 is 2.00 bits per heavy atom. The highest BCUT2D eigenvalue weighted by molar-refractivity contribution is 5.96. The molecule has 2 heterocycles. The van der Waals surface area contributed by atoms with E-state index in [1.54, 1.807) is 53.5 Å². The third kappa shape index (κ3) is 4.86. The van der Waals surface area contributed by atoms with Crippen LogP contribution in [0.1, 0.15) is 22.7 Å². The first-order valence-corrected chi connectivity index (χ1v) is 8.63. The van der Waals surface area contributed by atoms with Crippen LogP contribution in [0.2, 0.25) is 0 Å². The summed E-state index contributed by atoms with van der Waals surface area (Å²) in [5, 5.41) is 12.9. The zero-order valence-electron chi connectivity index (χ0n) is 15.0. The molecule has 0 aliphatic heterocycles. The van der Waals surface area contributed by atoms with Crippen molar-refractivity contribution in [1.82, 2.24) is 9.78 Å². The highest BCUT2D eigenvalue weighted by Crippen LogP contribution is 2.15. The monoisotopic (exact) mass is 378 g/mol. The summed E-state index contributed by atoms with van der Waals surface area (Å²) in [6.07, 6.45) is 3.59. The normalized spacial score (nSPS) is 10.2. The number of aromatic nitrogens is 2. The molecule has 0 saturated heterocycles. The minimum Gasteiger partial charge on any atom is -0.452 e. The molecule has 0 spiro atoms. The van der Waals surface area contributed by atoms with E-state index in [1.807, 2.05) is 12.1 Å². The number of amides is 1. The van der Waals surface area contributed by atoms with Gasteiger partial charge in [0.25, 0.3) is 5.91 Å². The van der Waals surface area contributed by atoms with Crippen molar-refractivity contribution in [1.29, 1.82) is 5.26 Å². The van der Waals surface area contributed by atoms with Crippen LogP contribution in [-0.4, -0.2) is 34.8 Å². The second-order valence-electron chi connectivity index (χ2n) is 5.83. The number of esters is 1. The maximum absolute atomic E-state index is 12.5. The summed E-state index contributed by atoms with van der Waals surface area (Å²) in [4.78, 5) is 26.1. The van der Waals surface area contributed by atoms with Crippen LogP contribution in [0, 0.1) is 11.3 Å². The number of carbonyl (C=O) groups is 2. The van der Waals surface area contributed by atoms with E-state index >= 15 is 0 Å². The Kier molecular flexibility index (Phi) is 6.21. The van der Waals surface area contributed by atoms with Gasteiger partial charge >= 0.3 is 5.97 Å². The van der Waals surface area contributed by atoms with Crippen LogP contribution in [0.4, 0.5) is 5.69 Å². The number of nitrogens with zero attached hydrogens (tertiary/aromatic N) is 4. The van der Waals surface area contributed by atoms with Gasteiger partial charge in [0.15, 0.2) is 6.61 Å². The molecule has 0 N–H and O–H groups in total. The lowest BCUT2D eigenvalue weighted by Gasteiger charge is -2.21. The van der Waals surface area contributed by atoms with E-state index in [0.29, 0.717) is 18.0 Å². The van der Waals surface area contributed by atoms with Gasteiger partial charge in [0.1, 0.15) is 5.76 Å². The number of hydrogen-bond donors (Lipinski definition) is 0. The molecular formula is C20H18N4O4. The fourth-order valence-electron chi connectivity index (χ4n) is 2.57. The fraction of sp³-hybridized carbons (Fsp3) is 0.200. The maximum Gasteiger partial charge on any atom is 0.374 e. The molecule has 0 bridgehead atoms. The van der Waals surface area contributed by atoms with Crippen molar-refractivity contribution in [3.8, 4) is 6.07 Å². The second-order valence-corrected chi connectivity index (χ2v) is 5.83. The lowest BCUT2D eigenvalue weighted by atomic mass is 10.2. The van der Waals surface area contributed by atoms with Crippen LogP contribution in [0.25, 0.3) is 0 Å². The Morgan fingerprint density at radius 1 is 1.18 bits per heavy atom. The molecule has 2 aromatic heterocycles. The van der Waals surface area contributed by atoms with E-state index in [9.17, 15) is 9.59 Å². The van der Waals surface area contributed by atoms with Gasteiger partial charge in [0.05, 0.1) is 19.0 Å². The van der Waals surface area contributed by atoms with Crippen LogP contribution in [0.15, 0.2) is 65.3 Å². The zero-order valence-corrected chi connectivity index (χ0v) is 15.0. The topological polar surface area (TPSA) is 101 Å². The fourth-order valence-corrected chi connectivity index (χ4v) is 2.57. The molecule has 1 aromatic carbocycles. The number of ether oxygens (including phenoxy) is 1. The van der Waals surface area contributed by atoms with Gasteiger partial charge in [-0.05, 0) is 30.3 Å². The van der Waals surface area contributed by atoms with Crippen molar-refractivity contribution in [2.45, 2.75) is 13.0 Å². The first-order chi connectivity index (χ1) is 13.7. The summed E-state index contributed by atoms with van der Waals surface area (Å²) >= 11 is 0. The first-order valence-electron chi connectivity index (χ1n) is 8.63. The number of benzene rings is 1. The van der Waals surface area contributed by atoms with Crippen LogP contribution in [-0.2, 0) is 16.1 Å². The average molecular weight is 378 g/mol. The Morgan fingerprint density at radius 3 is 2.71 bits per heavy atom. The molecule has 0 fully saturated rings. The second kappa shape index (κ2) is 9.19. The summed E-state index contributed by atoms with van der Waals surface area (Å²) < 4.78 is 12.2. The Labute approximate surface area is 161 Å². The number of nitriles is 1. The van der Waals surface area contributed by atoms with E-state index in [2.05, 4.69) is 5.10 Å². The molecule has 0 atom stereocenters. The quantitative estimate of drug-likeness (QED) is 0.559. The molecule has 28 heavy (non-hydrogen) atoms. The van der Waals surface area contributed by atoms with Gasteiger partial charge in [-0.3, -0.25) is 9.48 Å². The minimum absolute atomic E-state index is 0.0123. The summed E-state index contributed by atoms with van der Waals surface area (Å²) in [6.45, 7) is 0.148. The van der Waals surface area contributed by atoms with Gasteiger partial charge in [0.2, 0.25) is 5.76 Å². The maximum atomic E-state index is 12.5. The van der Waals surface area contributed by atoms with Gasteiger partial charge in [-0.15, -0.1) is 0 Å². The molecule has 3 aromatic rings. The zero-order chi connectivity index (χ0) is 19.8. The number of furan rings is 1. The van der Waals surface area contributed by atoms with E-state index < -0.39 is 18.5 Å². The largest absolute Gasteiger partial charge is 0.452 e. The van der Waals surface area contributed by atoms with Crippen molar-refractivity contribution >= 4 is 17.6 Å². The van der Waals surface area contributed by atoms with Crippen LogP contribution in [0.3, 0.4) is 0 Å². The molecule has 142 valence electrons. The molecule has 0 radical (unpaired) electrons. The highest BCUT2D eigenvalue weighted by Gasteiger charge is 2.19. The van der Waals surface area contributed by atoms with Gasteiger partial charge in [-0.2, -0.15) is 10.4 Å². The first kappa shape index (κ1) is 18.9. The van der Waals surface area contributed by atoms with Crippen molar-refractivity contribution < 1.29 is 18.7 Å². The van der Waals surface area contributed by atoms with Crippen molar-refractivity contribution in [2.75, 3.05) is 18.1 Å². The summed E-state index contributed by atoms with van der Waals surface area (Å²) in [5.74, 6) is -0.591. The SMILES string of the molecule is N#CCCN(C(=O)COC(=O)c1ccc(Cn2cccn2)o1)c1ccccc1.